The Bertz CT molecular complexity index is 1220. The lowest BCUT2D eigenvalue weighted by molar-refractivity contribution is 0.0695. The van der Waals surface area contributed by atoms with Crippen LogP contribution in [0.25, 0.3) is 21.8 Å². The van der Waals surface area contributed by atoms with Crippen molar-refractivity contribution in [3.05, 3.63) is 51.4 Å². The van der Waals surface area contributed by atoms with Gasteiger partial charge in [-0.2, -0.15) is 0 Å². The lowest BCUT2D eigenvalue weighted by Crippen LogP contribution is -2.33. The van der Waals surface area contributed by atoms with E-state index in [9.17, 15) is 14.7 Å². The van der Waals surface area contributed by atoms with E-state index in [1.807, 2.05) is 26.0 Å². The Hall–Kier alpha value is -3.08. The van der Waals surface area contributed by atoms with Crippen molar-refractivity contribution in [3.63, 3.8) is 0 Å². The highest BCUT2D eigenvalue weighted by atomic mass is 32.1. The van der Waals surface area contributed by atoms with Crippen molar-refractivity contribution in [2.24, 2.45) is 0 Å². The standard InChI is InChI=1S/C25H34N6O3S/c1-15(2)26-8-9-29-22-12-18(6-7-28-22)23-30-21(14-35-23)20-13-19(25(33)34)17(5)31(24(20)32)11-10-27-16(3)4/h6-7,12-16,26-27H,8-11H2,1-5H3,(H,28,29)(H,33,34). The third-order valence-electron chi connectivity index (χ3n) is 5.45. The number of rotatable bonds is 12. The lowest BCUT2D eigenvalue weighted by atomic mass is 10.1. The Morgan fingerprint density at radius 2 is 1.83 bits per heavy atom. The Balaban J connectivity index is 1.89. The van der Waals surface area contributed by atoms with E-state index in [0.29, 0.717) is 30.5 Å². The van der Waals surface area contributed by atoms with Gasteiger partial charge in [0.05, 0.1) is 16.8 Å². The zero-order chi connectivity index (χ0) is 25.5. The first-order chi connectivity index (χ1) is 16.7. The first-order valence-electron chi connectivity index (χ1n) is 11.8. The minimum atomic E-state index is -1.07. The number of hydrogen-bond acceptors (Lipinski definition) is 8. The van der Waals surface area contributed by atoms with Gasteiger partial charge in [0.2, 0.25) is 0 Å². The number of aromatic carboxylic acids is 1. The van der Waals surface area contributed by atoms with Gasteiger partial charge in [0, 0.05) is 61.1 Å². The number of aromatic nitrogens is 3. The second kappa shape index (κ2) is 12.1. The van der Waals surface area contributed by atoms with E-state index < -0.39 is 5.97 Å². The lowest BCUT2D eigenvalue weighted by Gasteiger charge is -2.15. The second-order valence-corrected chi connectivity index (χ2v) is 9.79. The van der Waals surface area contributed by atoms with Crippen molar-refractivity contribution in [2.45, 2.75) is 53.2 Å². The Labute approximate surface area is 209 Å². The molecular weight excluding hydrogens is 464 g/mol. The molecule has 3 rings (SSSR count). The van der Waals surface area contributed by atoms with Crippen molar-refractivity contribution in [2.75, 3.05) is 25.0 Å². The highest BCUT2D eigenvalue weighted by molar-refractivity contribution is 7.13. The summed E-state index contributed by atoms with van der Waals surface area (Å²) in [7, 11) is 0. The Morgan fingerprint density at radius 3 is 2.51 bits per heavy atom. The van der Waals surface area contributed by atoms with Crippen LogP contribution in [0.1, 0.15) is 43.7 Å². The van der Waals surface area contributed by atoms with Gasteiger partial charge < -0.3 is 25.6 Å². The van der Waals surface area contributed by atoms with Crippen molar-refractivity contribution in [1.29, 1.82) is 0 Å². The summed E-state index contributed by atoms with van der Waals surface area (Å²) in [5.41, 5.74) is 1.92. The van der Waals surface area contributed by atoms with Crippen LogP contribution in [0.5, 0.6) is 0 Å². The number of nitrogens with zero attached hydrogens (tertiary/aromatic N) is 3. The van der Waals surface area contributed by atoms with Crippen LogP contribution in [0.15, 0.2) is 34.6 Å². The van der Waals surface area contributed by atoms with Crippen LogP contribution in [-0.2, 0) is 6.54 Å². The van der Waals surface area contributed by atoms with Crippen molar-refractivity contribution < 1.29 is 9.90 Å². The third-order valence-corrected chi connectivity index (χ3v) is 6.34. The molecule has 0 fully saturated rings. The van der Waals surface area contributed by atoms with Crippen LogP contribution in [0.4, 0.5) is 5.82 Å². The molecule has 0 aliphatic rings. The molecule has 0 aliphatic carbocycles. The molecule has 10 heteroatoms. The van der Waals surface area contributed by atoms with E-state index >= 15 is 0 Å². The normalized spacial score (nSPS) is 11.4. The molecule has 0 saturated heterocycles. The molecule has 3 heterocycles. The molecular formula is C25H34N6O3S. The van der Waals surface area contributed by atoms with Gasteiger partial charge >= 0.3 is 5.97 Å². The first-order valence-corrected chi connectivity index (χ1v) is 12.7. The van der Waals surface area contributed by atoms with Crippen LogP contribution in [0.3, 0.4) is 0 Å². The molecule has 188 valence electrons. The van der Waals surface area contributed by atoms with Gasteiger partial charge in [-0.25, -0.2) is 14.8 Å². The SMILES string of the molecule is Cc1c(C(=O)O)cc(-c2csc(-c3ccnc(NCCNC(C)C)c3)n2)c(=O)n1CCNC(C)C. The maximum absolute atomic E-state index is 13.3. The molecule has 35 heavy (non-hydrogen) atoms. The molecule has 0 bridgehead atoms. The average molecular weight is 499 g/mol. The fourth-order valence-electron chi connectivity index (χ4n) is 3.63. The minimum Gasteiger partial charge on any atom is -0.478 e. The summed E-state index contributed by atoms with van der Waals surface area (Å²) in [4.78, 5) is 34.3. The number of hydrogen-bond donors (Lipinski definition) is 4. The number of nitrogens with one attached hydrogen (secondary N) is 3. The molecule has 0 spiro atoms. The number of anilines is 1. The van der Waals surface area contributed by atoms with Gasteiger partial charge in [-0.1, -0.05) is 27.7 Å². The number of thiazole rings is 1. The smallest absolute Gasteiger partial charge is 0.337 e. The zero-order valence-electron chi connectivity index (χ0n) is 20.9. The predicted octanol–water partition coefficient (Wildman–Crippen LogP) is 3.45. The van der Waals surface area contributed by atoms with Gasteiger partial charge in [-0.05, 0) is 25.1 Å². The van der Waals surface area contributed by atoms with Gasteiger partial charge in [0.25, 0.3) is 5.56 Å². The molecule has 0 amide bonds. The van der Waals surface area contributed by atoms with E-state index in [4.69, 9.17) is 0 Å². The fourth-order valence-corrected chi connectivity index (χ4v) is 4.45. The van der Waals surface area contributed by atoms with E-state index in [1.165, 1.54) is 22.0 Å². The quantitative estimate of drug-likeness (QED) is 0.280. The van der Waals surface area contributed by atoms with Crippen LogP contribution >= 0.6 is 11.3 Å². The maximum atomic E-state index is 13.3. The molecule has 3 aromatic heterocycles. The summed E-state index contributed by atoms with van der Waals surface area (Å²) in [5, 5.41) is 22.2. The summed E-state index contributed by atoms with van der Waals surface area (Å²) in [6.07, 6.45) is 1.72. The second-order valence-electron chi connectivity index (χ2n) is 8.93. The van der Waals surface area contributed by atoms with Crippen LogP contribution in [-0.4, -0.2) is 57.3 Å². The molecule has 4 N–H and O–H groups in total. The number of carboxylic acid groups (broad SMARTS) is 1. The largest absolute Gasteiger partial charge is 0.478 e. The molecule has 0 aliphatic heterocycles. The molecule has 0 unspecified atom stereocenters. The Morgan fingerprint density at radius 1 is 1.11 bits per heavy atom. The summed E-state index contributed by atoms with van der Waals surface area (Å²) < 4.78 is 1.52. The number of carbonyl (C=O) groups is 1. The minimum absolute atomic E-state index is 0.101. The van der Waals surface area contributed by atoms with Gasteiger partial charge in [-0.15, -0.1) is 11.3 Å². The molecule has 0 saturated carbocycles. The van der Waals surface area contributed by atoms with Gasteiger partial charge in [0.15, 0.2) is 0 Å². The van der Waals surface area contributed by atoms with Gasteiger partial charge in [0.1, 0.15) is 10.8 Å². The topological polar surface area (TPSA) is 121 Å². The van der Waals surface area contributed by atoms with E-state index in [-0.39, 0.29) is 22.7 Å². The molecule has 3 aromatic rings. The third kappa shape index (κ3) is 6.97. The molecule has 9 nitrogen and oxygen atoms in total. The summed E-state index contributed by atoms with van der Waals surface area (Å²) in [5.74, 6) is -0.324. The van der Waals surface area contributed by atoms with Crippen LogP contribution < -0.4 is 21.5 Å². The average Bonchev–Trinajstić information content (AvgIpc) is 3.29. The molecule has 0 aromatic carbocycles. The fraction of sp³-hybridized carbons (Fsp3) is 0.440. The Kier molecular flexibility index (Phi) is 9.13. The highest BCUT2D eigenvalue weighted by Crippen LogP contribution is 2.29. The van der Waals surface area contributed by atoms with Crippen molar-refractivity contribution in [3.8, 4) is 21.8 Å². The maximum Gasteiger partial charge on any atom is 0.337 e. The predicted molar refractivity (Wildman–Crippen MR) is 142 cm³/mol. The van der Waals surface area contributed by atoms with Crippen LogP contribution in [0.2, 0.25) is 0 Å². The van der Waals surface area contributed by atoms with Crippen molar-refractivity contribution >= 4 is 23.1 Å². The van der Waals surface area contributed by atoms with Crippen LogP contribution in [0, 0.1) is 6.92 Å². The molecule has 0 atom stereocenters. The van der Waals surface area contributed by atoms with Gasteiger partial charge in [-0.3, -0.25) is 4.79 Å². The summed E-state index contributed by atoms with van der Waals surface area (Å²) >= 11 is 1.41. The van der Waals surface area contributed by atoms with E-state index in [1.54, 1.807) is 18.5 Å². The monoisotopic (exact) mass is 498 g/mol. The molecule has 0 radical (unpaired) electrons. The zero-order valence-corrected chi connectivity index (χ0v) is 21.7. The first kappa shape index (κ1) is 26.5. The summed E-state index contributed by atoms with van der Waals surface area (Å²) in [6.45, 7) is 12.4. The number of pyridine rings is 2. The highest BCUT2D eigenvalue weighted by Gasteiger charge is 2.19. The van der Waals surface area contributed by atoms with E-state index in [2.05, 4.69) is 39.8 Å². The van der Waals surface area contributed by atoms with E-state index in [0.717, 1.165) is 29.5 Å². The summed E-state index contributed by atoms with van der Waals surface area (Å²) in [6, 6.07) is 5.91. The number of carboxylic acids is 1. The van der Waals surface area contributed by atoms with Crippen molar-refractivity contribution in [1.82, 2.24) is 25.2 Å².